The lowest BCUT2D eigenvalue weighted by Gasteiger charge is -2.13. The van der Waals surface area contributed by atoms with Gasteiger partial charge in [-0.25, -0.2) is 0 Å². The number of hydrogen-bond donors (Lipinski definition) is 1. The summed E-state index contributed by atoms with van der Waals surface area (Å²) < 4.78 is 15.9. The number of nitrogens with one attached hydrogen (secondary N) is 1. The lowest BCUT2D eigenvalue weighted by molar-refractivity contribution is 0.146. The molecule has 0 spiro atoms. The summed E-state index contributed by atoms with van der Waals surface area (Å²) in [6, 6.07) is 15.9. The monoisotopic (exact) mass is 287 g/mol. The summed E-state index contributed by atoms with van der Waals surface area (Å²) in [5.74, 6) is 1.72. The third-order valence-electron chi connectivity index (χ3n) is 3.07. The van der Waals surface area contributed by atoms with E-state index in [0.29, 0.717) is 19.8 Å². The van der Waals surface area contributed by atoms with E-state index in [1.54, 1.807) is 14.2 Å². The molecule has 1 N–H and O–H groups in total. The minimum Gasteiger partial charge on any atom is -0.497 e. The highest BCUT2D eigenvalue weighted by molar-refractivity contribution is 5.49. The van der Waals surface area contributed by atoms with E-state index in [0.717, 1.165) is 22.7 Å². The summed E-state index contributed by atoms with van der Waals surface area (Å²) >= 11 is 0. The zero-order valence-electron chi connectivity index (χ0n) is 12.5. The molecular formula is C17H21NO3. The Morgan fingerprint density at radius 2 is 1.81 bits per heavy atom. The summed E-state index contributed by atoms with van der Waals surface area (Å²) in [6.45, 7) is 1.82. The fraction of sp³-hybridized carbons (Fsp3) is 0.294. The van der Waals surface area contributed by atoms with Crippen LogP contribution in [-0.4, -0.2) is 27.4 Å². The summed E-state index contributed by atoms with van der Waals surface area (Å²) in [5, 5.41) is 3.38. The van der Waals surface area contributed by atoms with E-state index in [1.807, 2.05) is 42.5 Å². The van der Waals surface area contributed by atoms with E-state index in [-0.39, 0.29) is 0 Å². The lowest BCUT2D eigenvalue weighted by Crippen LogP contribution is -2.07. The average molecular weight is 287 g/mol. The second kappa shape index (κ2) is 8.17. The largest absolute Gasteiger partial charge is 0.497 e. The van der Waals surface area contributed by atoms with Crippen LogP contribution in [0.3, 0.4) is 0 Å². The molecule has 4 heteroatoms. The molecule has 2 rings (SSSR count). The van der Waals surface area contributed by atoms with Crippen molar-refractivity contribution in [2.24, 2.45) is 0 Å². The van der Waals surface area contributed by atoms with Gasteiger partial charge in [0, 0.05) is 31.0 Å². The SMILES string of the molecule is COCCOc1ccccc1CNc1cccc(OC)c1. The number of methoxy groups -OCH3 is 2. The highest BCUT2D eigenvalue weighted by Gasteiger charge is 2.03. The highest BCUT2D eigenvalue weighted by atomic mass is 16.5. The molecule has 4 nitrogen and oxygen atoms in total. The molecule has 112 valence electrons. The van der Waals surface area contributed by atoms with Gasteiger partial charge in [0.2, 0.25) is 0 Å². The predicted octanol–water partition coefficient (Wildman–Crippen LogP) is 3.33. The molecule has 0 heterocycles. The first kappa shape index (κ1) is 15.2. The number of hydrogen-bond acceptors (Lipinski definition) is 4. The van der Waals surface area contributed by atoms with Gasteiger partial charge in [-0.05, 0) is 18.2 Å². The maximum Gasteiger partial charge on any atom is 0.124 e. The molecule has 0 atom stereocenters. The Morgan fingerprint density at radius 1 is 0.952 bits per heavy atom. The van der Waals surface area contributed by atoms with Gasteiger partial charge in [0.05, 0.1) is 13.7 Å². The maximum absolute atomic E-state index is 5.72. The standard InChI is InChI=1S/C17H21NO3/c1-19-10-11-21-17-9-4-3-6-14(17)13-18-15-7-5-8-16(12-15)20-2/h3-9,12,18H,10-11,13H2,1-2H3. The van der Waals surface area contributed by atoms with Crippen LogP contribution in [0.5, 0.6) is 11.5 Å². The van der Waals surface area contributed by atoms with Gasteiger partial charge < -0.3 is 19.5 Å². The van der Waals surface area contributed by atoms with Gasteiger partial charge in [-0.2, -0.15) is 0 Å². The molecule has 0 fully saturated rings. The van der Waals surface area contributed by atoms with Gasteiger partial charge in [-0.1, -0.05) is 24.3 Å². The van der Waals surface area contributed by atoms with Crippen molar-refractivity contribution in [2.75, 3.05) is 32.8 Å². The molecule has 0 aliphatic rings. The fourth-order valence-electron chi connectivity index (χ4n) is 1.96. The number of benzene rings is 2. The predicted molar refractivity (Wildman–Crippen MR) is 84.1 cm³/mol. The Labute approximate surface area is 125 Å². The normalized spacial score (nSPS) is 10.2. The van der Waals surface area contributed by atoms with Crippen molar-refractivity contribution in [3.8, 4) is 11.5 Å². The van der Waals surface area contributed by atoms with E-state index in [1.165, 1.54) is 0 Å². The van der Waals surface area contributed by atoms with Gasteiger partial charge in [0.25, 0.3) is 0 Å². The topological polar surface area (TPSA) is 39.7 Å². The third kappa shape index (κ3) is 4.68. The second-order valence-electron chi connectivity index (χ2n) is 4.53. The summed E-state index contributed by atoms with van der Waals surface area (Å²) in [7, 11) is 3.33. The molecule has 2 aromatic carbocycles. The van der Waals surface area contributed by atoms with E-state index in [4.69, 9.17) is 14.2 Å². The number of anilines is 1. The van der Waals surface area contributed by atoms with Crippen LogP contribution < -0.4 is 14.8 Å². The van der Waals surface area contributed by atoms with Crippen molar-refractivity contribution in [1.82, 2.24) is 0 Å². The average Bonchev–Trinajstić information content (AvgIpc) is 2.54. The Bertz CT molecular complexity index is 557. The van der Waals surface area contributed by atoms with Gasteiger partial charge in [0.1, 0.15) is 18.1 Å². The maximum atomic E-state index is 5.72. The first-order valence-corrected chi connectivity index (χ1v) is 6.91. The molecule has 0 saturated heterocycles. The summed E-state index contributed by atoms with van der Waals surface area (Å²) in [5.41, 5.74) is 2.12. The summed E-state index contributed by atoms with van der Waals surface area (Å²) in [4.78, 5) is 0. The smallest absolute Gasteiger partial charge is 0.124 e. The van der Waals surface area contributed by atoms with E-state index < -0.39 is 0 Å². The highest BCUT2D eigenvalue weighted by Crippen LogP contribution is 2.21. The van der Waals surface area contributed by atoms with Crippen LogP contribution in [0, 0.1) is 0 Å². The van der Waals surface area contributed by atoms with E-state index in [2.05, 4.69) is 11.4 Å². The molecule has 0 radical (unpaired) electrons. The van der Waals surface area contributed by atoms with Crippen LogP contribution in [0.2, 0.25) is 0 Å². The van der Waals surface area contributed by atoms with Crippen LogP contribution in [0.15, 0.2) is 48.5 Å². The Balaban J connectivity index is 1.98. The van der Waals surface area contributed by atoms with Gasteiger partial charge in [-0.3, -0.25) is 0 Å². The molecule has 0 saturated carbocycles. The molecule has 2 aromatic rings. The second-order valence-corrected chi connectivity index (χ2v) is 4.53. The van der Waals surface area contributed by atoms with Crippen molar-refractivity contribution < 1.29 is 14.2 Å². The molecule has 21 heavy (non-hydrogen) atoms. The molecule has 0 aliphatic carbocycles. The van der Waals surface area contributed by atoms with Crippen molar-refractivity contribution in [1.29, 1.82) is 0 Å². The minimum atomic E-state index is 0.548. The quantitative estimate of drug-likeness (QED) is 0.756. The van der Waals surface area contributed by atoms with Gasteiger partial charge >= 0.3 is 0 Å². The Morgan fingerprint density at radius 3 is 2.62 bits per heavy atom. The Kier molecular flexibility index (Phi) is 5.91. The van der Waals surface area contributed by atoms with Crippen LogP contribution in [0.4, 0.5) is 5.69 Å². The molecule has 0 bridgehead atoms. The number of para-hydroxylation sites is 1. The fourth-order valence-corrected chi connectivity index (χ4v) is 1.96. The Hall–Kier alpha value is -2.20. The summed E-state index contributed by atoms with van der Waals surface area (Å²) in [6.07, 6.45) is 0. The third-order valence-corrected chi connectivity index (χ3v) is 3.07. The van der Waals surface area contributed by atoms with E-state index >= 15 is 0 Å². The van der Waals surface area contributed by atoms with Crippen molar-refractivity contribution in [2.45, 2.75) is 6.54 Å². The van der Waals surface area contributed by atoms with Crippen molar-refractivity contribution >= 4 is 5.69 Å². The zero-order chi connectivity index (χ0) is 14.9. The number of ether oxygens (including phenoxy) is 3. The van der Waals surface area contributed by atoms with Gasteiger partial charge in [-0.15, -0.1) is 0 Å². The van der Waals surface area contributed by atoms with Gasteiger partial charge in [0.15, 0.2) is 0 Å². The minimum absolute atomic E-state index is 0.548. The molecule has 0 unspecified atom stereocenters. The molecular weight excluding hydrogens is 266 g/mol. The van der Waals surface area contributed by atoms with Crippen molar-refractivity contribution in [3.05, 3.63) is 54.1 Å². The first-order chi connectivity index (χ1) is 10.3. The van der Waals surface area contributed by atoms with Crippen LogP contribution in [0.1, 0.15) is 5.56 Å². The lowest BCUT2D eigenvalue weighted by atomic mass is 10.2. The first-order valence-electron chi connectivity index (χ1n) is 6.91. The van der Waals surface area contributed by atoms with Crippen LogP contribution in [0.25, 0.3) is 0 Å². The molecule has 0 amide bonds. The zero-order valence-corrected chi connectivity index (χ0v) is 12.5. The van der Waals surface area contributed by atoms with E-state index in [9.17, 15) is 0 Å². The molecule has 0 aromatic heterocycles. The van der Waals surface area contributed by atoms with Crippen molar-refractivity contribution in [3.63, 3.8) is 0 Å². The number of rotatable bonds is 8. The van der Waals surface area contributed by atoms with Crippen LogP contribution in [-0.2, 0) is 11.3 Å². The van der Waals surface area contributed by atoms with Crippen LogP contribution >= 0.6 is 0 Å². The molecule has 0 aliphatic heterocycles.